The third kappa shape index (κ3) is 6.38. The Morgan fingerprint density at radius 2 is 2.00 bits per heavy atom. The monoisotopic (exact) mass is 184 g/mol. The van der Waals surface area contributed by atoms with Gasteiger partial charge in [-0.05, 0) is 25.7 Å². The van der Waals surface area contributed by atoms with Gasteiger partial charge in [0, 0.05) is 0 Å². The van der Waals surface area contributed by atoms with Gasteiger partial charge in [0.25, 0.3) is 0 Å². The summed E-state index contributed by atoms with van der Waals surface area (Å²) < 4.78 is 0. The molecular weight excluding hydrogens is 164 g/mol. The van der Waals surface area contributed by atoms with Crippen molar-refractivity contribution in [1.29, 1.82) is 0 Å². The number of allylic oxidation sites excluding steroid dienone is 2. The summed E-state index contributed by atoms with van der Waals surface area (Å²) in [5.74, 6) is -0.793. The Hall–Kier alpha value is -0.790. The number of carbonyl (C=O) groups is 1. The molecule has 0 saturated heterocycles. The number of hydrogen-bond acceptors (Lipinski definition) is 1. The predicted molar refractivity (Wildman–Crippen MR) is 54.7 cm³/mol. The lowest BCUT2D eigenvalue weighted by Crippen LogP contribution is -2.12. The van der Waals surface area contributed by atoms with E-state index in [4.69, 9.17) is 5.11 Å². The largest absolute Gasteiger partial charge is 0.481 e. The highest BCUT2D eigenvalue weighted by Gasteiger charge is 2.14. The fourth-order valence-electron chi connectivity index (χ4n) is 1.32. The van der Waals surface area contributed by atoms with E-state index in [9.17, 15) is 4.79 Å². The average Bonchev–Trinajstić information content (AvgIpc) is 2.10. The van der Waals surface area contributed by atoms with Crippen LogP contribution in [0.1, 0.15) is 46.0 Å². The van der Waals surface area contributed by atoms with E-state index in [0.29, 0.717) is 0 Å². The Labute approximate surface area is 80.7 Å². The van der Waals surface area contributed by atoms with Gasteiger partial charge in [0.05, 0.1) is 5.92 Å². The molecule has 0 fully saturated rings. The number of aliphatic carboxylic acids is 1. The quantitative estimate of drug-likeness (QED) is 0.617. The maximum Gasteiger partial charge on any atom is 0.306 e. The standard InChI is InChI=1S/C11H20O2/c1-3-5-6-7-9-10(8-4-2)11(12)13/h5-6,10H,3-4,7-9H2,1-2H3,(H,12,13). The van der Waals surface area contributed by atoms with Gasteiger partial charge < -0.3 is 5.11 Å². The second-order valence-corrected chi connectivity index (χ2v) is 3.28. The van der Waals surface area contributed by atoms with Crippen molar-refractivity contribution in [2.24, 2.45) is 5.92 Å². The minimum absolute atomic E-state index is 0.147. The first-order valence-electron chi connectivity index (χ1n) is 5.10. The summed E-state index contributed by atoms with van der Waals surface area (Å²) in [6, 6.07) is 0. The fraction of sp³-hybridized carbons (Fsp3) is 0.727. The van der Waals surface area contributed by atoms with Crippen molar-refractivity contribution in [2.45, 2.75) is 46.0 Å². The highest BCUT2D eigenvalue weighted by atomic mass is 16.4. The first-order chi connectivity index (χ1) is 6.22. The molecule has 1 unspecified atom stereocenters. The van der Waals surface area contributed by atoms with E-state index in [1.54, 1.807) is 0 Å². The topological polar surface area (TPSA) is 37.3 Å². The van der Waals surface area contributed by atoms with Gasteiger partial charge in [0.2, 0.25) is 0 Å². The van der Waals surface area contributed by atoms with E-state index in [0.717, 1.165) is 32.1 Å². The molecule has 0 radical (unpaired) electrons. The Kier molecular flexibility index (Phi) is 7.36. The second-order valence-electron chi connectivity index (χ2n) is 3.28. The third-order valence-electron chi connectivity index (χ3n) is 2.07. The van der Waals surface area contributed by atoms with Crippen LogP contribution in [0.5, 0.6) is 0 Å². The van der Waals surface area contributed by atoms with Gasteiger partial charge in [-0.15, -0.1) is 0 Å². The Morgan fingerprint density at radius 1 is 1.31 bits per heavy atom. The fourth-order valence-corrected chi connectivity index (χ4v) is 1.32. The van der Waals surface area contributed by atoms with Crippen molar-refractivity contribution in [1.82, 2.24) is 0 Å². The summed E-state index contributed by atoms with van der Waals surface area (Å²) >= 11 is 0. The van der Waals surface area contributed by atoms with Crippen LogP contribution in [0.2, 0.25) is 0 Å². The van der Waals surface area contributed by atoms with E-state index in [2.05, 4.69) is 19.1 Å². The summed E-state index contributed by atoms with van der Waals surface area (Å²) in [7, 11) is 0. The van der Waals surface area contributed by atoms with Crippen molar-refractivity contribution in [3.63, 3.8) is 0 Å². The van der Waals surface area contributed by atoms with Crippen molar-refractivity contribution in [2.75, 3.05) is 0 Å². The van der Waals surface area contributed by atoms with Gasteiger partial charge in [-0.3, -0.25) is 4.79 Å². The molecule has 0 spiro atoms. The van der Waals surface area contributed by atoms with Crippen LogP contribution < -0.4 is 0 Å². The summed E-state index contributed by atoms with van der Waals surface area (Å²) in [5.41, 5.74) is 0. The lowest BCUT2D eigenvalue weighted by atomic mass is 9.98. The summed E-state index contributed by atoms with van der Waals surface area (Å²) in [5, 5.41) is 8.84. The molecule has 0 aromatic heterocycles. The van der Waals surface area contributed by atoms with Crippen LogP contribution in [0.15, 0.2) is 12.2 Å². The van der Waals surface area contributed by atoms with Crippen molar-refractivity contribution in [3.8, 4) is 0 Å². The van der Waals surface area contributed by atoms with E-state index < -0.39 is 5.97 Å². The molecule has 0 heterocycles. The molecule has 76 valence electrons. The maximum absolute atomic E-state index is 10.7. The number of carboxylic acid groups (broad SMARTS) is 1. The van der Waals surface area contributed by atoms with Crippen molar-refractivity contribution < 1.29 is 9.90 Å². The maximum atomic E-state index is 10.7. The lowest BCUT2D eigenvalue weighted by molar-refractivity contribution is -0.142. The normalized spacial score (nSPS) is 13.4. The van der Waals surface area contributed by atoms with Crippen LogP contribution >= 0.6 is 0 Å². The van der Waals surface area contributed by atoms with Crippen LogP contribution in [0.3, 0.4) is 0 Å². The molecular formula is C11H20O2. The van der Waals surface area contributed by atoms with Crippen LogP contribution in [0, 0.1) is 5.92 Å². The van der Waals surface area contributed by atoms with Crippen LogP contribution in [0.4, 0.5) is 0 Å². The zero-order valence-corrected chi connectivity index (χ0v) is 8.62. The molecule has 0 aliphatic heterocycles. The second kappa shape index (κ2) is 7.84. The molecule has 2 nitrogen and oxygen atoms in total. The van der Waals surface area contributed by atoms with Gasteiger partial charge in [-0.1, -0.05) is 32.4 Å². The van der Waals surface area contributed by atoms with Gasteiger partial charge in [-0.25, -0.2) is 0 Å². The van der Waals surface area contributed by atoms with Crippen LogP contribution in [-0.2, 0) is 4.79 Å². The molecule has 0 aromatic carbocycles. The molecule has 0 aliphatic rings. The van der Waals surface area contributed by atoms with Gasteiger partial charge in [-0.2, -0.15) is 0 Å². The molecule has 0 aromatic rings. The van der Waals surface area contributed by atoms with E-state index in [-0.39, 0.29) is 5.92 Å². The smallest absolute Gasteiger partial charge is 0.306 e. The minimum atomic E-state index is -0.647. The minimum Gasteiger partial charge on any atom is -0.481 e. The first-order valence-corrected chi connectivity index (χ1v) is 5.10. The SMILES string of the molecule is CCC=CCCC(CCC)C(=O)O. The number of hydrogen-bond donors (Lipinski definition) is 1. The third-order valence-corrected chi connectivity index (χ3v) is 2.07. The van der Waals surface area contributed by atoms with Gasteiger partial charge >= 0.3 is 5.97 Å². The highest BCUT2D eigenvalue weighted by molar-refractivity contribution is 5.69. The Bertz CT molecular complexity index is 161. The lowest BCUT2D eigenvalue weighted by Gasteiger charge is -2.08. The molecule has 0 aliphatic carbocycles. The summed E-state index contributed by atoms with van der Waals surface area (Å²) in [6.07, 6.45) is 8.62. The van der Waals surface area contributed by atoms with Crippen molar-refractivity contribution >= 4 is 5.97 Å². The molecule has 13 heavy (non-hydrogen) atoms. The van der Waals surface area contributed by atoms with Crippen LogP contribution in [-0.4, -0.2) is 11.1 Å². The Morgan fingerprint density at radius 3 is 2.46 bits per heavy atom. The molecule has 0 saturated carbocycles. The van der Waals surface area contributed by atoms with Gasteiger partial charge in [0.15, 0.2) is 0 Å². The summed E-state index contributed by atoms with van der Waals surface area (Å²) in [6.45, 7) is 4.11. The number of rotatable bonds is 7. The van der Waals surface area contributed by atoms with E-state index in [1.165, 1.54) is 0 Å². The molecule has 0 rings (SSSR count). The molecule has 2 heteroatoms. The number of carboxylic acids is 1. The van der Waals surface area contributed by atoms with E-state index >= 15 is 0 Å². The first kappa shape index (κ1) is 12.2. The van der Waals surface area contributed by atoms with Crippen molar-refractivity contribution in [3.05, 3.63) is 12.2 Å². The van der Waals surface area contributed by atoms with E-state index in [1.807, 2.05) is 6.92 Å². The summed E-state index contributed by atoms with van der Waals surface area (Å²) in [4.78, 5) is 10.7. The molecule has 0 bridgehead atoms. The average molecular weight is 184 g/mol. The zero-order valence-electron chi connectivity index (χ0n) is 8.62. The molecule has 1 N–H and O–H groups in total. The Balaban J connectivity index is 3.69. The molecule has 0 amide bonds. The highest BCUT2D eigenvalue weighted by Crippen LogP contribution is 2.14. The zero-order chi connectivity index (χ0) is 10.1. The van der Waals surface area contributed by atoms with Crippen LogP contribution in [0.25, 0.3) is 0 Å². The molecule has 1 atom stereocenters. The predicted octanol–water partition coefficient (Wildman–Crippen LogP) is 3.23. The van der Waals surface area contributed by atoms with Gasteiger partial charge in [0.1, 0.15) is 0 Å².